The number of rotatable bonds is 8. The van der Waals surface area contributed by atoms with Crippen molar-refractivity contribution >= 4 is 22.1 Å². The van der Waals surface area contributed by atoms with E-state index in [4.69, 9.17) is 18.9 Å². The summed E-state index contributed by atoms with van der Waals surface area (Å²) in [7, 11) is -1.04. The highest BCUT2D eigenvalue weighted by Crippen LogP contribution is 2.29. The molecule has 0 radical (unpaired) electrons. The molecule has 1 fully saturated rings. The van der Waals surface area contributed by atoms with Gasteiger partial charge in [0.05, 0.1) is 27.4 Å². The fraction of sp³-hybridized carbons (Fsp3) is 0.318. The van der Waals surface area contributed by atoms with Crippen LogP contribution in [0.25, 0.3) is 6.08 Å². The second-order valence-corrected chi connectivity index (χ2v) is 8.74. The topological polar surface area (TPSA) is 91.4 Å². The molecule has 32 heavy (non-hydrogen) atoms. The first kappa shape index (κ1) is 23.7. The minimum Gasteiger partial charge on any atom is -0.495 e. The minimum atomic E-state index is -3.79. The van der Waals surface area contributed by atoms with Gasteiger partial charge in [-0.05, 0) is 41.5 Å². The van der Waals surface area contributed by atoms with Crippen molar-refractivity contribution in [3.8, 4) is 11.5 Å². The van der Waals surface area contributed by atoms with E-state index in [9.17, 15) is 17.6 Å². The van der Waals surface area contributed by atoms with Crippen molar-refractivity contribution in [2.24, 2.45) is 0 Å². The zero-order valence-corrected chi connectivity index (χ0v) is 18.6. The fourth-order valence-corrected chi connectivity index (χ4v) is 4.69. The average molecular weight is 465 g/mol. The largest absolute Gasteiger partial charge is 0.495 e. The summed E-state index contributed by atoms with van der Waals surface area (Å²) < 4.78 is 61.5. The van der Waals surface area contributed by atoms with E-state index in [0.29, 0.717) is 24.3 Å². The van der Waals surface area contributed by atoms with E-state index >= 15 is 0 Å². The molecule has 0 amide bonds. The molecule has 2 aromatic rings. The van der Waals surface area contributed by atoms with Gasteiger partial charge in [-0.15, -0.1) is 0 Å². The summed E-state index contributed by atoms with van der Waals surface area (Å²) in [5, 5.41) is 0. The monoisotopic (exact) mass is 465 g/mol. The number of hydrogen-bond donors (Lipinski definition) is 0. The van der Waals surface area contributed by atoms with Crippen LogP contribution >= 0.6 is 0 Å². The van der Waals surface area contributed by atoms with E-state index in [1.165, 1.54) is 54.9 Å². The van der Waals surface area contributed by atoms with Crippen LogP contribution in [0.1, 0.15) is 11.1 Å². The van der Waals surface area contributed by atoms with Gasteiger partial charge in [0.25, 0.3) is 0 Å². The molecule has 0 aromatic heterocycles. The first-order valence-electron chi connectivity index (χ1n) is 9.78. The molecule has 172 valence electrons. The van der Waals surface area contributed by atoms with Crippen LogP contribution in [0.15, 0.2) is 47.4 Å². The van der Waals surface area contributed by atoms with Crippen LogP contribution in [0.4, 0.5) is 4.39 Å². The van der Waals surface area contributed by atoms with E-state index < -0.39 is 21.8 Å². The van der Waals surface area contributed by atoms with E-state index in [1.807, 2.05) is 0 Å². The molecule has 0 atom stereocenters. The van der Waals surface area contributed by atoms with E-state index in [2.05, 4.69) is 0 Å². The highest BCUT2D eigenvalue weighted by atomic mass is 32.2. The number of carbonyl (C=O) groups is 1. The number of carbonyl (C=O) groups excluding carboxylic acids is 1. The van der Waals surface area contributed by atoms with Crippen molar-refractivity contribution < 1.29 is 36.6 Å². The molecule has 1 aliphatic heterocycles. The van der Waals surface area contributed by atoms with Crippen LogP contribution in [-0.4, -0.2) is 59.2 Å². The SMILES string of the molecule is COc1ccc(COC(=O)/C=C/c2ccc(OC)c(S(=O)(=O)N3CCOCC3)c2)cc1F. The highest BCUT2D eigenvalue weighted by molar-refractivity contribution is 7.89. The molecule has 0 spiro atoms. The summed E-state index contributed by atoms with van der Waals surface area (Å²) in [5.41, 5.74) is 0.943. The zero-order valence-electron chi connectivity index (χ0n) is 17.7. The summed E-state index contributed by atoms with van der Waals surface area (Å²) in [6.07, 6.45) is 2.61. The number of esters is 1. The summed E-state index contributed by atoms with van der Waals surface area (Å²) >= 11 is 0. The molecular weight excluding hydrogens is 441 g/mol. The normalized spacial score (nSPS) is 15.0. The number of nitrogens with zero attached hydrogens (tertiary/aromatic N) is 1. The lowest BCUT2D eigenvalue weighted by molar-refractivity contribution is -0.138. The molecule has 2 aromatic carbocycles. The van der Waals surface area contributed by atoms with Gasteiger partial charge in [-0.25, -0.2) is 17.6 Å². The summed E-state index contributed by atoms with van der Waals surface area (Å²) in [5.74, 6) is -0.904. The van der Waals surface area contributed by atoms with Crippen LogP contribution < -0.4 is 9.47 Å². The molecule has 1 saturated heterocycles. The summed E-state index contributed by atoms with van der Waals surface area (Å²) in [6, 6.07) is 8.85. The Morgan fingerprint density at radius 1 is 1.09 bits per heavy atom. The molecule has 0 bridgehead atoms. The number of hydrogen-bond acceptors (Lipinski definition) is 7. The maximum absolute atomic E-state index is 13.7. The van der Waals surface area contributed by atoms with Gasteiger partial charge in [0, 0.05) is 19.2 Å². The first-order chi connectivity index (χ1) is 15.3. The van der Waals surface area contributed by atoms with Crippen LogP contribution in [-0.2, 0) is 30.9 Å². The Kier molecular flexibility index (Phi) is 7.84. The second kappa shape index (κ2) is 10.6. The van der Waals surface area contributed by atoms with Crippen LogP contribution in [0, 0.1) is 5.82 Å². The highest BCUT2D eigenvalue weighted by Gasteiger charge is 2.29. The van der Waals surface area contributed by atoms with Crippen molar-refractivity contribution in [3.63, 3.8) is 0 Å². The number of methoxy groups -OCH3 is 2. The number of ether oxygens (including phenoxy) is 4. The number of halogens is 1. The Balaban J connectivity index is 1.70. The lowest BCUT2D eigenvalue weighted by Gasteiger charge is -2.26. The summed E-state index contributed by atoms with van der Waals surface area (Å²) in [6.45, 7) is 1.03. The van der Waals surface area contributed by atoms with Crippen LogP contribution in [0.3, 0.4) is 0 Å². The minimum absolute atomic E-state index is 0.00567. The number of sulfonamides is 1. The number of benzene rings is 2. The van der Waals surface area contributed by atoms with Gasteiger partial charge in [-0.2, -0.15) is 4.31 Å². The van der Waals surface area contributed by atoms with Crippen molar-refractivity contribution in [3.05, 3.63) is 59.4 Å². The van der Waals surface area contributed by atoms with Crippen molar-refractivity contribution in [2.75, 3.05) is 40.5 Å². The standard InChI is InChI=1S/C22H24FNO7S/c1-28-19-6-4-17(13-18(19)23)15-31-22(25)8-5-16-3-7-20(29-2)21(14-16)32(26,27)24-9-11-30-12-10-24/h3-8,13-14H,9-12,15H2,1-2H3/b8-5+. The molecule has 0 saturated carbocycles. The van der Waals surface area contributed by atoms with Crippen LogP contribution in [0.2, 0.25) is 0 Å². The maximum atomic E-state index is 13.7. The Labute approximate surface area is 186 Å². The molecule has 1 aliphatic rings. The molecule has 0 N–H and O–H groups in total. The fourth-order valence-electron chi connectivity index (χ4n) is 3.09. The summed E-state index contributed by atoms with van der Waals surface area (Å²) in [4.78, 5) is 12.1. The molecule has 1 heterocycles. The van der Waals surface area contributed by atoms with Gasteiger partial charge in [0.15, 0.2) is 11.6 Å². The molecule has 10 heteroatoms. The van der Waals surface area contributed by atoms with Gasteiger partial charge in [-0.1, -0.05) is 12.1 Å². The smallest absolute Gasteiger partial charge is 0.331 e. The lowest BCUT2D eigenvalue weighted by atomic mass is 10.2. The quantitative estimate of drug-likeness (QED) is 0.437. The third kappa shape index (κ3) is 5.64. The van der Waals surface area contributed by atoms with Crippen LogP contribution in [0.5, 0.6) is 11.5 Å². The molecular formula is C22H24FNO7S. The molecule has 0 aliphatic carbocycles. The van der Waals surface area contributed by atoms with E-state index in [1.54, 1.807) is 12.1 Å². The van der Waals surface area contributed by atoms with Gasteiger partial charge in [0.1, 0.15) is 17.3 Å². The number of morpholine rings is 1. The predicted octanol–water partition coefficient (Wildman–Crippen LogP) is 2.62. The molecule has 8 nitrogen and oxygen atoms in total. The molecule has 3 rings (SSSR count). The van der Waals surface area contributed by atoms with Gasteiger partial charge in [0.2, 0.25) is 10.0 Å². The van der Waals surface area contributed by atoms with Gasteiger partial charge in [-0.3, -0.25) is 0 Å². The Hall–Kier alpha value is -2.95. The third-order valence-corrected chi connectivity index (χ3v) is 6.70. The van der Waals surface area contributed by atoms with Gasteiger partial charge >= 0.3 is 5.97 Å². The lowest BCUT2D eigenvalue weighted by Crippen LogP contribution is -2.40. The first-order valence-corrected chi connectivity index (χ1v) is 11.2. The molecule has 0 unspecified atom stereocenters. The predicted molar refractivity (Wildman–Crippen MR) is 114 cm³/mol. The van der Waals surface area contributed by atoms with Crippen molar-refractivity contribution in [1.29, 1.82) is 0 Å². The van der Waals surface area contributed by atoms with E-state index in [0.717, 1.165) is 0 Å². The van der Waals surface area contributed by atoms with Gasteiger partial charge < -0.3 is 18.9 Å². The van der Waals surface area contributed by atoms with Crippen molar-refractivity contribution in [2.45, 2.75) is 11.5 Å². The Bertz CT molecular complexity index is 1100. The van der Waals surface area contributed by atoms with Crippen molar-refractivity contribution in [1.82, 2.24) is 4.31 Å². The Morgan fingerprint density at radius 3 is 2.44 bits per heavy atom. The average Bonchev–Trinajstić information content (AvgIpc) is 2.81. The Morgan fingerprint density at radius 2 is 1.78 bits per heavy atom. The second-order valence-electron chi connectivity index (χ2n) is 6.84. The van der Waals surface area contributed by atoms with E-state index in [-0.39, 0.29) is 36.1 Å². The maximum Gasteiger partial charge on any atom is 0.331 e. The third-order valence-electron chi connectivity index (χ3n) is 4.78. The zero-order chi connectivity index (χ0) is 23.1.